The maximum atomic E-state index is 10.4. The molecule has 0 aliphatic heterocycles. The third kappa shape index (κ3) is 1.22. The molecular weight excluding hydrogens is 267 g/mol. The van der Waals surface area contributed by atoms with Crippen LogP contribution in [0.4, 0.5) is 0 Å². The summed E-state index contributed by atoms with van der Waals surface area (Å²) in [6.45, 7) is 0. The fraction of sp³-hybridized carbons (Fsp3) is 0. The number of pyridine rings is 1. The third-order valence-corrected chi connectivity index (χ3v) is 2.11. The van der Waals surface area contributed by atoms with Crippen LogP contribution in [0.25, 0.3) is 5.65 Å². The predicted octanol–water partition coefficient (Wildman–Crippen LogP) is 1.75. The minimum Gasteiger partial charge on any atom is -0.306 e. The maximum absolute atomic E-state index is 10.4. The topological polar surface area (TPSA) is 34.4 Å². The molecule has 2 heterocycles. The lowest BCUT2D eigenvalue weighted by molar-refractivity contribution is 0.112. The highest BCUT2D eigenvalue weighted by Gasteiger charge is 1.98. The molecule has 0 radical (unpaired) electrons. The molecule has 2 aromatic rings. The van der Waals surface area contributed by atoms with Crippen LogP contribution in [0, 0.1) is 3.70 Å². The monoisotopic (exact) mass is 272 g/mol. The first-order valence-corrected chi connectivity index (χ1v) is 4.47. The van der Waals surface area contributed by atoms with E-state index in [0.29, 0.717) is 5.56 Å². The first-order chi connectivity index (χ1) is 5.79. The van der Waals surface area contributed by atoms with E-state index in [1.807, 2.05) is 16.8 Å². The van der Waals surface area contributed by atoms with Crippen LogP contribution in [0.1, 0.15) is 10.4 Å². The fourth-order valence-corrected chi connectivity index (χ4v) is 1.59. The molecule has 0 amide bonds. The van der Waals surface area contributed by atoms with Crippen molar-refractivity contribution in [3.05, 3.63) is 33.8 Å². The number of carbonyl (C=O) groups is 1. The number of carbonyl (C=O) groups excluding carboxylic acids is 1. The van der Waals surface area contributed by atoms with Gasteiger partial charge < -0.3 is 4.40 Å². The van der Waals surface area contributed by atoms with E-state index in [1.54, 1.807) is 12.1 Å². The second-order valence-electron chi connectivity index (χ2n) is 2.41. The molecule has 2 rings (SSSR count). The molecular formula is C8H5IN2O. The first-order valence-electron chi connectivity index (χ1n) is 3.39. The lowest BCUT2D eigenvalue weighted by atomic mass is 10.3. The van der Waals surface area contributed by atoms with Crippen molar-refractivity contribution >= 4 is 34.5 Å². The number of aromatic nitrogens is 2. The van der Waals surface area contributed by atoms with Gasteiger partial charge in [0, 0.05) is 18.0 Å². The van der Waals surface area contributed by atoms with Gasteiger partial charge in [-0.2, -0.15) is 0 Å². The van der Waals surface area contributed by atoms with Crippen molar-refractivity contribution in [1.82, 2.24) is 9.38 Å². The van der Waals surface area contributed by atoms with Crippen LogP contribution < -0.4 is 0 Å². The molecule has 0 aliphatic carbocycles. The van der Waals surface area contributed by atoms with Gasteiger partial charge in [0.05, 0.1) is 0 Å². The highest BCUT2D eigenvalue weighted by atomic mass is 127. The van der Waals surface area contributed by atoms with Gasteiger partial charge in [-0.05, 0) is 34.7 Å². The van der Waals surface area contributed by atoms with Crippen LogP contribution in [0.5, 0.6) is 0 Å². The van der Waals surface area contributed by atoms with E-state index in [9.17, 15) is 4.79 Å². The molecule has 4 heteroatoms. The normalized spacial score (nSPS) is 10.4. The molecule has 12 heavy (non-hydrogen) atoms. The van der Waals surface area contributed by atoms with Crippen molar-refractivity contribution in [1.29, 1.82) is 0 Å². The zero-order chi connectivity index (χ0) is 8.55. The van der Waals surface area contributed by atoms with E-state index in [4.69, 9.17) is 0 Å². The van der Waals surface area contributed by atoms with E-state index in [-0.39, 0.29) is 0 Å². The number of hydrogen-bond acceptors (Lipinski definition) is 2. The Kier molecular flexibility index (Phi) is 1.84. The number of aldehydes is 1. The molecule has 0 N–H and O–H groups in total. The zero-order valence-electron chi connectivity index (χ0n) is 6.07. The van der Waals surface area contributed by atoms with Crippen molar-refractivity contribution in [3.63, 3.8) is 0 Å². The average Bonchev–Trinajstić information content (AvgIpc) is 2.43. The van der Waals surface area contributed by atoms with Gasteiger partial charge in [0.1, 0.15) is 15.6 Å². The molecule has 0 unspecified atom stereocenters. The zero-order valence-corrected chi connectivity index (χ0v) is 8.22. The van der Waals surface area contributed by atoms with Crippen molar-refractivity contribution < 1.29 is 4.79 Å². The lowest BCUT2D eigenvalue weighted by Gasteiger charge is -1.91. The van der Waals surface area contributed by atoms with Gasteiger partial charge in [-0.3, -0.25) is 4.79 Å². The molecule has 0 atom stereocenters. The van der Waals surface area contributed by atoms with E-state index in [2.05, 4.69) is 27.6 Å². The third-order valence-electron chi connectivity index (χ3n) is 1.59. The largest absolute Gasteiger partial charge is 0.306 e. The van der Waals surface area contributed by atoms with E-state index < -0.39 is 0 Å². The first kappa shape index (κ1) is 7.72. The molecule has 2 aromatic heterocycles. The van der Waals surface area contributed by atoms with Crippen LogP contribution in [0.3, 0.4) is 0 Å². The summed E-state index contributed by atoms with van der Waals surface area (Å²) in [6.07, 6.45) is 4.56. The smallest absolute Gasteiger partial charge is 0.150 e. The maximum Gasteiger partial charge on any atom is 0.150 e. The van der Waals surface area contributed by atoms with Crippen molar-refractivity contribution in [2.24, 2.45) is 0 Å². The Hall–Kier alpha value is -0.910. The highest BCUT2D eigenvalue weighted by molar-refractivity contribution is 14.1. The number of hydrogen-bond donors (Lipinski definition) is 0. The van der Waals surface area contributed by atoms with Crippen molar-refractivity contribution in [3.8, 4) is 0 Å². The Morgan fingerprint density at radius 1 is 1.58 bits per heavy atom. The van der Waals surface area contributed by atoms with Gasteiger partial charge in [-0.25, -0.2) is 4.98 Å². The summed E-state index contributed by atoms with van der Waals surface area (Å²) in [5.74, 6) is 0. The Morgan fingerprint density at radius 2 is 2.42 bits per heavy atom. The minimum absolute atomic E-state index is 0.657. The fourth-order valence-electron chi connectivity index (χ4n) is 1.04. The summed E-state index contributed by atoms with van der Waals surface area (Å²) in [4.78, 5) is 14.6. The van der Waals surface area contributed by atoms with E-state index in [1.165, 1.54) is 0 Å². The predicted molar refractivity (Wildman–Crippen MR) is 53.3 cm³/mol. The van der Waals surface area contributed by atoms with E-state index in [0.717, 1.165) is 15.6 Å². The minimum atomic E-state index is 0.657. The Labute approximate surface area is 82.6 Å². The molecule has 0 saturated heterocycles. The molecule has 0 aromatic carbocycles. The molecule has 0 bridgehead atoms. The van der Waals surface area contributed by atoms with Gasteiger partial charge in [-0.1, -0.05) is 0 Å². The van der Waals surface area contributed by atoms with Crippen molar-refractivity contribution in [2.45, 2.75) is 0 Å². The molecule has 0 spiro atoms. The molecule has 0 saturated carbocycles. The Balaban J connectivity index is 2.74. The molecule has 0 fully saturated rings. The summed E-state index contributed by atoms with van der Waals surface area (Å²) in [7, 11) is 0. The van der Waals surface area contributed by atoms with Gasteiger partial charge in [0.15, 0.2) is 0 Å². The highest BCUT2D eigenvalue weighted by Crippen LogP contribution is 2.08. The quantitative estimate of drug-likeness (QED) is 0.585. The molecule has 0 aliphatic rings. The van der Waals surface area contributed by atoms with Crippen molar-refractivity contribution in [2.75, 3.05) is 0 Å². The van der Waals surface area contributed by atoms with E-state index >= 15 is 0 Å². The summed E-state index contributed by atoms with van der Waals surface area (Å²) in [6, 6.07) is 3.52. The summed E-state index contributed by atoms with van der Waals surface area (Å²) in [5.41, 5.74) is 1.47. The summed E-state index contributed by atoms with van der Waals surface area (Å²) < 4.78 is 2.81. The Bertz CT molecular complexity index is 436. The van der Waals surface area contributed by atoms with Crippen LogP contribution >= 0.6 is 22.6 Å². The van der Waals surface area contributed by atoms with Crippen LogP contribution in [0.15, 0.2) is 24.5 Å². The van der Waals surface area contributed by atoms with Crippen LogP contribution in [0.2, 0.25) is 0 Å². The summed E-state index contributed by atoms with van der Waals surface area (Å²) >= 11 is 2.14. The number of imidazole rings is 1. The van der Waals surface area contributed by atoms with Gasteiger partial charge >= 0.3 is 0 Å². The van der Waals surface area contributed by atoms with Crippen LogP contribution in [-0.4, -0.2) is 15.7 Å². The van der Waals surface area contributed by atoms with Gasteiger partial charge in [0.25, 0.3) is 0 Å². The number of fused-ring (bicyclic) bond motifs is 1. The Morgan fingerprint density at radius 3 is 3.17 bits per heavy atom. The second-order valence-corrected chi connectivity index (χ2v) is 3.51. The lowest BCUT2D eigenvalue weighted by Crippen LogP contribution is -1.85. The summed E-state index contributed by atoms with van der Waals surface area (Å²) in [5, 5.41) is 0. The second kappa shape index (κ2) is 2.85. The molecule has 3 nitrogen and oxygen atoms in total. The molecule has 60 valence electrons. The van der Waals surface area contributed by atoms with Gasteiger partial charge in [0.2, 0.25) is 0 Å². The SMILES string of the molecule is O=Cc1ccn2cc(I)nc2c1. The number of halogens is 1. The number of nitrogens with zero attached hydrogens (tertiary/aromatic N) is 2. The standard InChI is InChI=1S/C8H5IN2O/c9-7-4-11-2-1-6(5-12)3-8(11)10-7/h1-5H. The van der Waals surface area contributed by atoms with Gasteiger partial charge in [-0.15, -0.1) is 0 Å². The van der Waals surface area contributed by atoms with Crippen LogP contribution in [-0.2, 0) is 0 Å². The number of rotatable bonds is 1. The average molecular weight is 272 g/mol.